The summed E-state index contributed by atoms with van der Waals surface area (Å²) in [5.74, 6) is 5.71. The van der Waals surface area contributed by atoms with Gasteiger partial charge >= 0.3 is 0 Å². The number of nitrogens with one attached hydrogen (secondary N) is 1. The number of benzene rings is 1. The highest BCUT2D eigenvalue weighted by Gasteiger charge is 2.06. The summed E-state index contributed by atoms with van der Waals surface area (Å²) in [7, 11) is 1.50. The average Bonchev–Trinajstić information content (AvgIpc) is 2.11. The van der Waals surface area contributed by atoms with Gasteiger partial charge in [-0.1, -0.05) is 15.9 Å². The van der Waals surface area contributed by atoms with Gasteiger partial charge in [-0.25, -0.2) is 0 Å². The molecule has 72 valence electrons. The van der Waals surface area contributed by atoms with E-state index in [4.69, 9.17) is 10.6 Å². The normalized spacial score (nSPS) is 10.1. The van der Waals surface area contributed by atoms with Crippen molar-refractivity contribution in [2.75, 3.05) is 7.11 Å². The van der Waals surface area contributed by atoms with E-state index in [2.05, 4.69) is 21.4 Å². The van der Waals surface area contributed by atoms with Crippen LogP contribution in [0.25, 0.3) is 0 Å². The summed E-state index contributed by atoms with van der Waals surface area (Å²) in [5, 5.41) is 9.43. The highest BCUT2D eigenvalue weighted by Crippen LogP contribution is 2.32. The molecule has 0 aliphatic carbocycles. The van der Waals surface area contributed by atoms with Gasteiger partial charge in [0.05, 0.1) is 7.11 Å². The monoisotopic (exact) mass is 246 g/mol. The highest BCUT2D eigenvalue weighted by atomic mass is 79.9. The first-order valence-electron chi connectivity index (χ1n) is 3.68. The Balaban J connectivity index is 3.05. The van der Waals surface area contributed by atoms with Gasteiger partial charge < -0.3 is 9.84 Å². The Hall–Kier alpha value is -0.780. The van der Waals surface area contributed by atoms with Crippen molar-refractivity contribution in [3.05, 3.63) is 22.2 Å². The van der Waals surface area contributed by atoms with Crippen molar-refractivity contribution in [1.82, 2.24) is 5.43 Å². The fraction of sp³-hybridized carbons (Fsp3) is 0.250. The molecule has 0 heterocycles. The topological polar surface area (TPSA) is 67.5 Å². The van der Waals surface area contributed by atoms with Gasteiger partial charge in [0.15, 0.2) is 11.5 Å². The molecule has 0 spiro atoms. The Morgan fingerprint density at radius 2 is 2.31 bits per heavy atom. The quantitative estimate of drug-likeness (QED) is 0.553. The molecule has 1 rings (SSSR count). The van der Waals surface area contributed by atoms with Gasteiger partial charge in [0.2, 0.25) is 0 Å². The maximum Gasteiger partial charge on any atom is 0.161 e. The molecule has 0 saturated heterocycles. The number of aromatic hydroxyl groups is 1. The largest absolute Gasteiger partial charge is 0.504 e. The molecule has 4 nitrogen and oxygen atoms in total. The van der Waals surface area contributed by atoms with Gasteiger partial charge in [0.25, 0.3) is 0 Å². The number of hydrogen-bond acceptors (Lipinski definition) is 4. The molecule has 1 aromatic carbocycles. The molecule has 0 amide bonds. The van der Waals surface area contributed by atoms with Gasteiger partial charge in [-0.15, -0.1) is 0 Å². The Bertz CT molecular complexity index is 304. The van der Waals surface area contributed by atoms with E-state index in [1.54, 1.807) is 12.1 Å². The van der Waals surface area contributed by atoms with Gasteiger partial charge in [-0.05, 0) is 17.7 Å². The molecule has 0 radical (unpaired) electrons. The molecular weight excluding hydrogens is 236 g/mol. The molecule has 0 aliphatic rings. The van der Waals surface area contributed by atoms with E-state index < -0.39 is 0 Å². The van der Waals surface area contributed by atoms with Crippen LogP contribution in [0, 0.1) is 0 Å². The zero-order chi connectivity index (χ0) is 9.84. The lowest BCUT2D eigenvalue weighted by atomic mass is 10.2. The van der Waals surface area contributed by atoms with Crippen LogP contribution in [0.3, 0.4) is 0 Å². The first-order valence-corrected chi connectivity index (χ1v) is 4.47. The Labute approximate surface area is 84.8 Å². The molecule has 0 bridgehead atoms. The van der Waals surface area contributed by atoms with Crippen molar-refractivity contribution in [2.24, 2.45) is 5.84 Å². The smallest absolute Gasteiger partial charge is 0.161 e. The van der Waals surface area contributed by atoms with Crippen LogP contribution in [0.15, 0.2) is 16.6 Å². The minimum atomic E-state index is 0.107. The van der Waals surface area contributed by atoms with Crippen LogP contribution in [0.5, 0.6) is 11.5 Å². The molecule has 13 heavy (non-hydrogen) atoms. The maximum absolute atomic E-state index is 9.43. The number of ether oxygens (including phenoxy) is 1. The summed E-state index contributed by atoms with van der Waals surface area (Å²) in [5.41, 5.74) is 3.38. The third-order valence-electron chi connectivity index (χ3n) is 1.64. The van der Waals surface area contributed by atoms with Gasteiger partial charge in [-0.2, -0.15) is 0 Å². The SMILES string of the molecule is COc1cc(Br)c(CNN)cc1O. The van der Waals surface area contributed by atoms with Crippen molar-refractivity contribution in [2.45, 2.75) is 6.54 Å². The standard InChI is InChI=1S/C8H11BrN2O2/c1-13-8-3-6(9)5(4-11-10)2-7(8)12/h2-3,11-12H,4,10H2,1H3. The van der Waals surface area contributed by atoms with Crippen molar-refractivity contribution in [3.63, 3.8) is 0 Å². The molecule has 4 N–H and O–H groups in total. The molecule has 0 unspecified atom stereocenters. The molecule has 0 atom stereocenters. The van der Waals surface area contributed by atoms with E-state index in [1.165, 1.54) is 7.11 Å². The van der Waals surface area contributed by atoms with Crippen molar-refractivity contribution in [1.29, 1.82) is 0 Å². The summed E-state index contributed by atoms with van der Waals surface area (Å²) in [6.07, 6.45) is 0. The summed E-state index contributed by atoms with van der Waals surface area (Å²) in [6, 6.07) is 3.30. The minimum Gasteiger partial charge on any atom is -0.504 e. The van der Waals surface area contributed by atoms with Crippen LogP contribution in [0.4, 0.5) is 0 Å². The molecule has 0 aromatic heterocycles. The second-order valence-electron chi connectivity index (χ2n) is 2.50. The number of rotatable bonds is 3. The summed E-state index contributed by atoms with van der Waals surface area (Å²) in [4.78, 5) is 0. The molecular formula is C8H11BrN2O2. The fourth-order valence-corrected chi connectivity index (χ4v) is 1.46. The van der Waals surface area contributed by atoms with Crippen LogP contribution in [0.2, 0.25) is 0 Å². The molecule has 5 heteroatoms. The number of hydrogen-bond donors (Lipinski definition) is 3. The number of phenols is 1. The zero-order valence-electron chi connectivity index (χ0n) is 7.17. The first-order chi connectivity index (χ1) is 6.19. The maximum atomic E-state index is 9.43. The zero-order valence-corrected chi connectivity index (χ0v) is 8.76. The fourth-order valence-electron chi connectivity index (χ4n) is 0.996. The van der Waals surface area contributed by atoms with Gasteiger partial charge in [0.1, 0.15) is 0 Å². The van der Waals surface area contributed by atoms with E-state index in [0.717, 1.165) is 10.0 Å². The van der Waals surface area contributed by atoms with Crippen LogP contribution in [-0.2, 0) is 6.54 Å². The second kappa shape index (κ2) is 4.45. The summed E-state index contributed by atoms with van der Waals surface area (Å²) < 4.78 is 5.77. The van der Waals surface area contributed by atoms with E-state index in [9.17, 15) is 5.11 Å². The second-order valence-corrected chi connectivity index (χ2v) is 3.35. The molecule has 0 aliphatic heterocycles. The number of hydrazine groups is 1. The summed E-state index contributed by atoms with van der Waals surface area (Å²) in [6.45, 7) is 0.484. The highest BCUT2D eigenvalue weighted by molar-refractivity contribution is 9.10. The van der Waals surface area contributed by atoms with E-state index >= 15 is 0 Å². The minimum absolute atomic E-state index is 0.107. The number of halogens is 1. The van der Waals surface area contributed by atoms with Gasteiger partial charge in [0, 0.05) is 11.0 Å². The Kier molecular flexibility index (Phi) is 3.53. The Morgan fingerprint density at radius 3 is 2.85 bits per heavy atom. The molecule has 0 saturated carbocycles. The Morgan fingerprint density at radius 1 is 1.62 bits per heavy atom. The van der Waals surface area contributed by atoms with Crippen LogP contribution in [-0.4, -0.2) is 12.2 Å². The number of phenolic OH excluding ortho intramolecular Hbond substituents is 1. The number of nitrogens with two attached hydrogens (primary N) is 1. The average molecular weight is 247 g/mol. The predicted molar refractivity (Wildman–Crippen MR) is 53.4 cm³/mol. The predicted octanol–water partition coefficient (Wildman–Crippen LogP) is 1.13. The van der Waals surface area contributed by atoms with E-state index in [1.807, 2.05) is 0 Å². The summed E-state index contributed by atoms with van der Waals surface area (Å²) >= 11 is 3.34. The third kappa shape index (κ3) is 2.33. The van der Waals surface area contributed by atoms with Crippen LogP contribution in [0.1, 0.15) is 5.56 Å². The lowest BCUT2D eigenvalue weighted by Gasteiger charge is -2.08. The van der Waals surface area contributed by atoms with E-state index in [-0.39, 0.29) is 5.75 Å². The first kappa shape index (κ1) is 10.3. The number of methoxy groups -OCH3 is 1. The van der Waals surface area contributed by atoms with Crippen molar-refractivity contribution in [3.8, 4) is 11.5 Å². The van der Waals surface area contributed by atoms with Crippen LogP contribution >= 0.6 is 15.9 Å². The van der Waals surface area contributed by atoms with Gasteiger partial charge in [-0.3, -0.25) is 11.3 Å². The lowest BCUT2D eigenvalue weighted by molar-refractivity contribution is 0.372. The lowest BCUT2D eigenvalue weighted by Crippen LogP contribution is -2.21. The van der Waals surface area contributed by atoms with Crippen molar-refractivity contribution < 1.29 is 9.84 Å². The van der Waals surface area contributed by atoms with Crippen molar-refractivity contribution >= 4 is 15.9 Å². The van der Waals surface area contributed by atoms with Crippen LogP contribution < -0.4 is 16.0 Å². The molecule has 0 fully saturated rings. The van der Waals surface area contributed by atoms with E-state index in [0.29, 0.717) is 12.3 Å². The third-order valence-corrected chi connectivity index (χ3v) is 2.38. The molecule has 1 aromatic rings.